The van der Waals surface area contributed by atoms with Crippen molar-refractivity contribution in [2.45, 2.75) is 25.4 Å². The van der Waals surface area contributed by atoms with E-state index in [9.17, 15) is 10.2 Å². The highest BCUT2D eigenvalue weighted by molar-refractivity contribution is 5.35. The molecule has 0 aliphatic heterocycles. The maximum atomic E-state index is 9.97. The molecule has 2 rings (SSSR count). The van der Waals surface area contributed by atoms with E-state index in [-0.39, 0.29) is 24.4 Å². The van der Waals surface area contributed by atoms with Crippen LogP contribution in [0.4, 0.5) is 0 Å². The van der Waals surface area contributed by atoms with E-state index >= 15 is 0 Å². The fourth-order valence-electron chi connectivity index (χ4n) is 2.39. The molecule has 0 saturated carbocycles. The molecule has 3 heteroatoms. The van der Waals surface area contributed by atoms with E-state index in [1.165, 1.54) is 0 Å². The van der Waals surface area contributed by atoms with E-state index in [1.807, 2.05) is 48.5 Å². The molecule has 0 spiro atoms. The summed E-state index contributed by atoms with van der Waals surface area (Å²) in [6.45, 7) is 2.08. The number of phenolic OH excluding ortho intramolecular Hbond substituents is 1. The van der Waals surface area contributed by atoms with Crippen LogP contribution in [0.5, 0.6) is 5.75 Å². The van der Waals surface area contributed by atoms with Gasteiger partial charge in [0.2, 0.25) is 0 Å². The summed E-state index contributed by atoms with van der Waals surface area (Å²) in [5.41, 5.74) is 1.91. The quantitative estimate of drug-likeness (QED) is 0.756. The van der Waals surface area contributed by atoms with E-state index < -0.39 is 0 Å². The van der Waals surface area contributed by atoms with Crippen LogP contribution in [0, 0.1) is 0 Å². The number of hydrogen-bond donors (Lipinski definition) is 3. The van der Waals surface area contributed by atoms with Crippen molar-refractivity contribution in [3.8, 4) is 5.75 Å². The topological polar surface area (TPSA) is 52.5 Å². The normalized spacial score (nSPS) is 13.9. The maximum Gasteiger partial charge on any atom is 0.120 e. The highest BCUT2D eigenvalue weighted by Gasteiger charge is 2.18. The lowest BCUT2D eigenvalue weighted by molar-refractivity contribution is 0.231. The summed E-state index contributed by atoms with van der Waals surface area (Å²) >= 11 is 0. The van der Waals surface area contributed by atoms with E-state index in [0.717, 1.165) is 17.5 Å². The smallest absolute Gasteiger partial charge is 0.120 e. The fourth-order valence-corrected chi connectivity index (χ4v) is 2.39. The molecule has 3 nitrogen and oxygen atoms in total. The predicted octanol–water partition coefficient (Wildman–Crippen LogP) is 3.17. The Hall–Kier alpha value is -1.84. The average Bonchev–Trinajstić information content (AvgIpc) is 2.50. The summed E-state index contributed by atoms with van der Waals surface area (Å²) in [7, 11) is 0. The number of aromatic hydroxyl groups is 1. The molecule has 2 aromatic carbocycles. The molecular formula is C17H21NO2. The van der Waals surface area contributed by atoms with E-state index in [0.29, 0.717) is 0 Å². The lowest BCUT2D eigenvalue weighted by atomic mass is 10.00. The average molecular weight is 271 g/mol. The number of rotatable bonds is 6. The van der Waals surface area contributed by atoms with Gasteiger partial charge in [-0.1, -0.05) is 55.5 Å². The van der Waals surface area contributed by atoms with Crippen molar-refractivity contribution in [1.82, 2.24) is 5.32 Å². The van der Waals surface area contributed by atoms with Gasteiger partial charge in [-0.25, -0.2) is 0 Å². The summed E-state index contributed by atoms with van der Waals surface area (Å²) in [5.74, 6) is 0.289. The number of hydrogen-bond acceptors (Lipinski definition) is 3. The van der Waals surface area contributed by atoms with Gasteiger partial charge in [0.1, 0.15) is 5.75 Å². The van der Waals surface area contributed by atoms with Crippen molar-refractivity contribution in [1.29, 1.82) is 0 Å². The van der Waals surface area contributed by atoms with Gasteiger partial charge in [0.15, 0.2) is 0 Å². The van der Waals surface area contributed by atoms with Crippen molar-refractivity contribution < 1.29 is 10.2 Å². The number of phenols is 1. The summed E-state index contributed by atoms with van der Waals surface area (Å²) < 4.78 is 0. The molecule has 0 saturated heterocycles. The maximum absolute atomic E-state index is 9.97. The minimum atomic E-state index is -0.138. The van der Waals surface area contributed by atoms with Gasteiger partial charge >= 0.3 is 0 Å². The Morgan fingerprint density at radius 1 is 0.950 bits per heavy atom. The second-order valence-electron chi connectivity index (χ2n) is 4.83. The Bertz CT molecular complexity index is 528. The van der Waals surface area contributed by atoms with Crippen molar-refractivity contribution in [3.63, 3.8) is 0 Å². The third-order valence-electron chi connectivity index (χ3n) is 3.51. The Balaban J connectivity index is 2.19. The van der Waals surface area contributed by atoms with Gasteiger partial charge in [-0.15, -0.1) is 0 Å². The standard InChI is InChI=1S/C17H21NO2/c1-2-15(14-10-6-7-11-17(14)20)18-16(12-19)13-8-4-3-5-9-13/h3-11,15-16,18-20H,2,12H2,1H3. The van der Waals surface area contributed by atoms with E-state index in [4.69, 9.17) is 0 Å². The van der Waals surface area contributed by atoms with Gasteiger partial charge in [0.05, 0.1) is 12.6 Å². The second kappa shape index (κ2) is 7.08. The summed E-state index contributed by atoms with van der Waals surface area (Å²) in [5, 5.41) is 23.0. The minimum Gasteiger partial charge on any atom is -0.508 e. The molecule has 0 aliphatic carbocycles. The predicted molar refractivity (Wildman–Crippen MR) is 80.5 cm³/mol. The third-order valence-corrected chi connectivity index (χ3v) is 3.51. The van der Waals surface area contributed by atoms with Crippen LogP contribution in [0.1, 0.15) is 36.6 Å². The number of aliphatic hydroxyl groups excluding tert-OH is 1. The zero-order valence-electron chi connectivity index (χ0n) is 11.7. The molecule has 2 unspecified atom stereocenters. The van der Waals surface area contributed by atoms with Gasteiger partial charge in [-0.2, -0.15) is 0 Å². The van der Waals surface area contributed by atoms with Crippen LogP contribution in [0.15, 0.2) is 54.6 Å². The molecule has 0 amide bonds. The van der Waals surface area contributed by atoms with Crippen LogP contribution in [-0.2, 0) is 0 Å². The molecule has 3 N–H and O–H groups in total. The van der Waals surface area contributed by atoms with Gasteiger partial charge in [0.25, 0.3) is 0 Å². The van der Waals surface area contributed by atoms with E-state index in [2.05, 4.69) is 12.2 Å². The van der Waals surface area contributed by atoms with Crippen LogP contribution in [0.3, 0.4) is 0 Å². The van der Waals surface area contributed by atoms with Crippen LogP contribution < -0.4 is 5.32 Å². The molecule has 2 atom stereocenters. The fraction of sp³-hybridized carbons (Fsp3) is 0.294. The summed E-state index contributed by atoms with van der Waals surface area (Å²) in [6.07, 6.45) is 0.834. The Morgan fingerprint density at radius 2 is 1.60 bits per heavy atom. The van der Waals surface area contributed by atoms with Crippen LogP contribution in [0.25, 0.3) is 0 Å². The van der Waals surface area contributed by atoms with Gasteiger partial charge in [-0.3, -0.25) is 0 Å². The van der Waals surface area contributed by atoms with Crippen molar-refractivity contribution in [2.75, 3.05) is 6.61 Å². The zero-order valence-corrected chi connectivity index (χ0v) is 11.7. The van der Waals surface area contributed by atoms with Crippen molar-refractivity contribution in [2.24, 2.45) is 0 Å². The van der Waals surface area contributed by atoms with Gasteiger partial charge in [-0.05, 0) is 18.1 Å². The second-order valence-corrected chi connectivity index (χ2v) is 4.83. The van der Waals surface area contributed by atoms with Gasteiger partial charge in [0, 0.05) is 11.6 Å². The molecule has 0 fully saturated rings. The molecule has 0 bridgehead atoms. The first-order chi connectivity index (χ1) is 9.76. The van der Waals surface area contributed by atoms with Gasteiger partial charge < -0.3 is 15.5 Å². The molecule has 0 aromatic heterocycles. The number of para-hydroxylation sites is 1. The lowest BCUT2D eigenvalue weighted by Crippen LogP contribution is -2.28. The highest BCUT2D eigenvalue weighted by Crippen LogP contribution is 2.28. The number of nitrogens with one attached hydrogen (secondary N) is 1. The third kappa shape index (κ3) is 3.38. The monoisotopic (exact) mass is 271 g/mol. The molecule has 0 radical (unpaired) electrons. The summed E-state index contributed by atoms with van der Waals surface area (Å²) in [4.78, 5) is 0. The summed E-state index contributed by atoms with van der Waals surface area (Å²) in [6, 6.07) is 17.1. The molecular weight excluding hydrogens is 250 g/mol. The number of benzene rings is 2. The first-order valence-electron chi connectivity index (χ1n) is 6.96. The number of aliphatic hydroxyl groups is 1. The minimum absolute atomic E-state index is 0.00792. The van der Waals surface area contributed by atoms with Crippen LogP contribution in [-0.4, -0.2) is 16.8 Å². The molecule has 106 valence electrons. The SMILES string of the molecule is CCC(NC(CO)c1ccccc1)c1ccccc1O. The molecule has 2 aromatic rings. The molecule has 20 heavy (non-hydrogen) atoms. The Morgan fingerprint density at radius 3 is 2.20 bits per heavy atom. The first-order valence-corrected chi connectivity index (χ1v) is 6.96. The zero-order chi connectivity index (χ0) is 14.4. The van der Waals surface area contributed by atoms with Crippen LogP contribution in [0.2, 0.25) is 0 Å². The Kier molecular flexibility index (Phi) is 5.16. The van der Waals surface area contributed by atoms with Crippen molar-refractivity contribution >= 4 is 0 Å². The lowest BCUT2D eigenvalue weighted by Gasteiger charge is -2.25. The first kappa shape index (κ1) is 14.6. The van der Waals surface area contributed by atoms with Crippen LogP contribution >= 0.6 is 0 Å². The largest absolute Gasteiger partial charge is 0.508 e. The Labute approximate surface area is 119 Å². The molecule has 0 heterocycles. The van der Waals surface area contributed by atoms with E-state index in [1.54, 1.807) is 6.07 Å². The van der Waals surface area contributed by atoms with Crippen molar-refractivity contribution in [3.05, 3.63) is 65.7 Å². The highest BCUT2D eigenvalue weighted by atomic mass is 16.3. The molecule has 0 aliphatic rings.